The Labute approximate surface area is 180 Å². The Hall–Kier alpha value is -3.06. The van der Waals surface area contributed by atoms with E-state index >= 15 is 0 Å². The number of carbonyl (C=O) groups is 2. The number of H-pyrrole nitrogens is 1. The van der Waals surface area contributed by atoms with Gasteiger partial charge < -0.3 is 15.0 Å². The van der Waals surface area contributed by atoms with E-state index in [0.717, 1.165) is 16.6 Å². The molecule has 2 amide bonds. The number of hydrogen-bond donors (Lipinski definition) is 3. The first-order valence-electron chi connectivity index (χ1n) is 9.73. The zero-order valence-electron chi connectivity index (χ0n) is 17.2. The van der Waals surface area contributed by atoms with E-state index in [1.54, 1.807) is 18.2 Å². The maximum atomic E-state index is 12.8. The summed E-state index contributed by atoms with van der Waals surface area (Å²) in [4.78, 5) is 32.8. The van der Waals surface area contributed by atoms with E-state index in [1.165, 1.54) is 7.11 Å². The summed E-state index contributed by atoms with van der Waals surface area (Å²) in [6.07, 6.45) is 0.609. The maximum absolute atomic E-state index is 12.8. The molecule has 3 N–H and O–H groups in total. The number of imidazole rings is 1. The first kappa shape index (κ1) is 21.6. The number of methoxy groups -OCH3 is 1. The van der Waals surface area contributed by atoms with Gasteiger partial charge in [0.2, 0.25) is 17.8 Å². The quantitative estimate of drug-likeness (QED) is 0.506. The molecular weight excluding hydrogens is 404 g/mol. The van der Waals surface area contributed by atoms with Crippen LogP contribution < -0.4 is 15.4 Å². The minimum atomic E-state index is -0.681. The largest absolute Gasteiger partial charge is 0.495 e. The maximum Gasteiger partial charge on any atom is 0.249 e. The van der Waals surface area contributed by atoms with Crippen LogP contribution in [0.5, 0.6) is 5.75 Å². The number of nitrogens with zero attached hydrogens (tertiary/aromatic N) is 1. The number of benzene rings is 2. The number of anilines is 1. The number of halogens is 1. The zero-order chi connectivity index (χ0) is 21.7. The van der Waals surface area contributed by atoms with E-state index in [1.807, 2.05) is 38.1 Å². The normalized spacial score (nSPS) is 12.0. The molecule has 158 valence electrons. The number of ether oxygens (including phenoxy) is 1. The van der Waals surface area contributed by atoms with Gasteiger partial charge in [0.1, 0.15) is 11.8 Å². The molecule has 0 saturated heterocycles. The van der Waals surface area contributed by atoms with Gasteiger partial charge in [-0.15, -0.1) is 0 Å². The number of aromatic nitrogens is 2. The van der Waals surface area contributed by atoms with Gasteiger partial charge in [0.05, 0.1) is 29.6 Å². The number of amides is 2. The monoisotopic (exact) mass is 428 g/mol. The van der Waals surface area contributed by atoms with Crippen molar-refractivity contribution in [2.75, 3.05) is 12.4 Å². The minimum Gasteiger partial charge on any atom is -0.495 e. The summed E-state index contributed by atoms with van der Waals surface area (Å²) >= 11 is 6.13. The molecule has 3 aromatic rings. The molecule has 0 radical (unpaired) electrons. The molecule has 1 heterocycles. The molecule has 1 atom stereocenters. The lowest BCUT2D eigenvalue weighted by molar-refractivity contribution is -0.126. The molecule has 2 aromatic carbocycles. The molecule has 1 aromatic heterocycles. The topological polar surface area (TPSA) is 96.1 Å². The minimum absolute atomic E-state index is 0.107. The van der Waals surface area contributed by atoms with Crippen LogP contribution in [-0.4, -0.2) is 34.9 Å². The lowest BCUT2D eigenvalue weighted by Gasteiger charge is -2.19. The highest BCUT2D eigenvalue weighted by molar-refractivity contribution is 6.32. The first-order chi connectivity index (χ1) is 14.4. The van der Waals surface area contributed by atoms with Crippen LogP contribution in [0.3, 0.4) is 0 Å². The second-order valence-electron chi connectivity index (χ2n) is 7.49. The van der Waals surface area contributed by atoms with Crippen molar-refractivity contribution in [1.29, 1.82) is 0 Å². The van der Waals surface area contributed by atoms with Crippen LogP contribution in [0.25, 0.3) is 11.0 Å². The van der Waals surface area contributed by atoms with Crippen LogP contribution in [0.2, 0.25) is 5.02 Å². The number of carbonyl (C=O) groups excluding carboxylic acids is 2. The number of hydrogen-bond acceptors (Lipinski definition) is 4. The Morgan fingerprint density at radius 3 is 2.63 bits per heavy atom. The first-order valence-corrected chi connectivity index (χ1v) is 10.1. The Bertz CT molecular complexity index is 1010. The van der Waals surface area contributed by atoms with Gasteiger partial charge in [0.25, 0.3) is 0 Å². The van der Waals surface area contributed by atoms with Gasteiger partial charge in [-0.3, -0.25) is 14.9 Å². The molecular formula is C22H25ClN4O3. The van der Waals surface area contributed by atoms with E-state index in [0.29, 0.717) is 23.1 Å². The molecule has 8 heteroatoms. The van der Waals surface area contributed by atoms with Crippen LogP contribution in [-0.2, 0) is 16.0 Å². The predicted octanol–water partition coefficient (Wildman–Crippen LogP) is 3.94. The van der Waals surface area contributed by atoms with Crippen molar-refractivity contribution in [2.45, 2.75) is 32.7 Å². The molecule has 0 aliphatic rings. The highest BCUT2D eigenvalue weighted by atomic mass is 35.5. The average Bonchev–Trinajstić information content (AvgIpc) is 3.09. The van der Waals surface area contributed by atoms with Crippen LogP contribution in [0.1, 0.15) is 25.8 Å². The van der Waals surface area contributed by atoms with E-state index in [-0.39, 0.29) is 24.2 Å². The number of para-hydroxylation sites is 2. The second kappa shape index (κ2) is 9.63. The van der Waals surface area contributed by atoms with Gasteiger partial charge in [0, 0.05) is 0 Å². The van der Waals surface area contributed by atoms with Crippen molar-refractivity contribution in [3.63, 3.8) is 0 Å². The van der Waals surface area contributed by atoms with Crippen molar-refractivity contribution in [2.24, 2.45) is 5.92 Å². The summed E-state index contributed by atoms with van der Waals surface area (Å²) in [7, 11) is 1.53. The fourth-order valence-corrected chi connectivity index (χ4v) is 3.45. The van der Waals surface area contributed by atoms with E-state index in [4.69, 9.17) is 16.3 Å². The molecule has 0 saturated carbocycles. The van der Waals surface area contributed by atoms with E-state index in [9.17, 15) is 9.59 Å². The van der Waals surface area contributed by atoms with Crippen molar-refractivity contribution >= 4 is 40.4 Å². The number of rotatable bonds is 8. The third kappa shape index (κ3) is 5.51. The molecule has 0 spiro atoms. The molecule has 0 aliphatic carbocycles. The summed E-state index contributed by atoms with van der Waals surface area (Å²) in [6.45, 7) is 3.99. The molecule has 3 rings (SSSR count). The molecule has 0 aliphatic heterocycles. The summed E-state index contributed by atoms with van der Waals surface area (Å²) in [6, 6.07) is 12.0. The SMILES string of the molecule is COc1ccc(CC(=O)NC(CC(C)C)C(=O)Nc2nc3ccccc3[nH]2)cc1Cl. The van der Waals surface area contributed by atoms with Crippen LogP contribution in [0, 0.1) is 5.92 Å². The Kier molecular flexibility index (Phi) is 6.95. The standard InChI is InChI=1S/C22H25ClN4O3/c1-13(2)10-18(21(29)27-22-25-16-6-4-5-7-17(16)26-22)24-20(28)12-14-8-9-19(30-3)15(23)11-14/h4-9,11,13,18H,10,12H2,1-3H3,(H,24,28)(H2,25,26,27,29). The fourth-order valence-electron chi connectivity index (χ4n) is 3.17. The molecule has 0 fully saturated rings. The van der Waals surface area contributed by atoms with Crippen molar-refractivity contribution in [1.82, 2.24) is 15.3 Å². The molecule has 30 heavy (non-hydrogen) atoms. The van der Waals surface area contributed by atoms with Gasteiger partial charge in [-0.2, -0.15) is 0 Å². The summed E-state index contributed by atoms with van der Waals surface area (Å²) in [5.41, 5.74) is 2.32. The van der Waals surface area contributed by atoms with Gasteiger partial charge in [0.15, 0.2) is 0 Å². The summed E-state index contributed by atoms with van der Waals surface area (Å²) in [5.74, 6) is 0.535. The predicted molar refractivity (Wildman–Crippen MR) is 118 cm³/mol. The second-order valence-corrected chi connectivity index (χ2v) is 7.89. The number of nitrogens with one attached hydrogen (secondary N) is 3. The lowest BCUT2D eigenvalue weighted by Crippen LogP contribution is -2.45. The van der Waals surface area contributed by atoms with Gasteiger partial charge in [-0.1, -0.05) is 43.6 Å². The molecule has 7 nitrogen and oxygen atoms in total. The Balaban J connectivity index is 1.67. The average molecular weight is 429 g/mol. The smallest absolute Gasteiger partial charge is 0.249 e. The lowest BCUT2D eigenvalue weighted by atomic mass is 10.0. The fraction of sp³-hybridized carbons (Fsp3) is 0.318. The highest BCUT2D eigenvalue weighted by Gasteiger charge is 2.23. The third-order valence-electron chi connectivity index (χ3n) is 4.57. The van der Waals surface area contributed by atoms with Gasteiger partial charge >= 0.3 is 0 Å². The van der Waals surface area contributed by atoms with E-state index < -0.39 is 6.04 Å². The van der Waals surface area contributed by atoms with Crippen molar-refractivity contribution < 1.29 is 14.3 Å². The van der Waals surface area contributed by atoms with Gasteiger partial charge in [-0.05, 0) is 42.2 Å². The van der Waals surface area contributed by atoms with Crippen molar-refractivity contribution in [3.05, 3.63) is 53.1 Å². The summed E-state index contributed by atoms with van der Waals surface area (Å²) in [5, 5.41) is 6.04. The molecule has 1 unspecified atom stereocenters. The van der Waals surface area contributed by atoms with Crippen LogP contribution in [0.4, 0.5) is 5.95 Å². The van der Waals surface area contributed by atoms with Crippen molar-refractivity contribution in [3.8, 4) is 5.75 Å². The number of fused-ring (bicyclic) bond motifs is 1. The zero-order valence-corrected chi connectivity index (χ0v) is 17.9. The van der Waals surface area contributed by atoms with Gasteiger partial charge in [-0.25, -0.2) is 4.98 Å². The summed E-state index contributed by atoms with van der Waals surface area (Å²) < 4.78 is 5.13. The Morgan fingerprint density at radius 2 is 1.97 bits per heavy atom. The third-order valence-corrected chi connectivity index (χ3v) is 4.87. The highest BCUT2D eigenvalue weighted by Crippen LogP contribution is 2.25. The van der Waals surface area contributed by atoms with E-state index in [2.05, 4.69) is 20.6 Å². The molecule has 0 bridgehead atoms. The number of aromatic amines is 1. The van der Waals surface area contributed by atoms with Crippen LogP contribution >= 0.6 is 11.6 Å². The van der Waals surface area contributed by atoms with Crippen LogP contribution in [0.15, 0.2) is 42.5 Å². The Morgan fingerprint density at radius 1 is 1.20 bits per heavy atom.